The summed E-state index contributed by atoms with van der Waals surface area (Å²) < 4.78 is 12.5. The van der Waals surface area contributed by atoms with Crippen LogP contribution in [-0.2, 0) is 0 Å². The summed E-state index contributed by atoms with van der Waals surface area (Å²) >= 11 is 0. The molecule has 0 aromatic carbocycles. The lowest BCUT2D eigenvalue weighted by molar-refractivity contribution is 0.148. The van der Waals surface area contributed by atoms with Crippen LogP contribution in [0.25, 0.3) is 0 Å². The predicted molar refractivity (Wildman–Crippen MR) is 41.4 cm³/mol. The van der Waals surface area contributed by atoms with Crippen LogP contribution in [0, 0.1) is 5.92 Å². The van der Waals surface area contributed by atoms with Gasteiger partial charge in [0.1, 0.15) is 5.67 Å². The van der Waals surface area contributed by atoms with Crippen molar-refractivity contribution in [2.24, 2.45) is 5.92 Å². The Kier molecular flexibility index (Phi) is 6.20. The van der Waals surface area contributed by atoms with E-state index in [1.165, 1.54) is 0 Å². The molecular weight excluding hydrogens is 115 g/mol. The second-order valence-electron chi connectivity index (χ2n) is 2.72. The number of hydrogen-bond acceptors (Lipinski definition) is 0. The molecule has 0 aliphatic rings. The fourth-order valence-corrected chi connectivity index (χ4v) is 0. The molecule has 0 radical (unpaired) electrons. The minimum Gasteiger partial charge on any atom is -0.244 e. The number of alkyl halides is 1. The first-order valence-corrected chi connectivity index (χ1v) is 3.63. The largest absolute Gasteiger partial charge is 0.244 e. The predicted octanol–water partition coefficient (Wildman–Crippen LogP) is 3.42. The normalized spacial score (nSPS) is 10.7. The summed E-state index contributed by atoms with van der Waals surface area (Å²) in [5.41, 5.74) is -1.00. The van der Waals surface area contributed by atoms with Crippen LogP contribution in [0.2, 0.25) is 0 Å². The van der Waals surface area contributed by atoms with E-state index in [4.69, 9.17) is 0 Å². The molecule has 0 spiro atoms. The quantitative estimate of drug-likeness (QED) is 0.515. The van der Waals surface area contributed by atoms with Crippen molar-refractivity contribution in [3.05, 3.63) is 0 Å². The van der Waals surface area contributed by atoms with Gasteiger partial charge in [-0.2, -0.15) is 0 Å². The van der Waals surface area contributed by atoms with Crippen molar-refractivity contribution >= 4 is 0 Å². The molecule has 58 valence electrons. The van der Waals surface area contributed by atoms with E-state index in [2.05, 4.69) is 0 Å². The zero-order valence-electron chi connectivity index (χ0n) is 7.46. The Hall–Kier alpha value is -0.0700. The zero-order chi connectivity index (χ0) is 8.08. The first-order valence-electron chi connectivity index (χ1n) is 3.63. The van der Waals surface area contributed by atoms with Crippen molar-refractivity contribution in [1.82, 2.24) is 0 Å². The molecule has 0 nitrogen and oxygen atoms in total. The van der Waals surface area contributed by atoms with Gasteiger partial charge in [-0.3, -0.25) is 0 Å². The minimum absolute atomic E-state index is 0.132. The third-order valence-corrected chi connectivity index (χ3v) is 1.37. The molecule has 0 saturated heterocycles. The Morgan fingerprint density at radius 2 is 1.22 bits per heavy atom. The van der Waals surface area contributed by atoms with Gasteiger partial charge < -0.3 is 0 Å². The van der Waals surface area contributed by atoms with Crippen LogP contribution in [0.4, 0.5) is 4.39 Å². The molecule has 0 aliphatic heterocycles. The maximum Gasteiger partial charge on any atom is 0.107 e. The highest BCUT2D eigenvalue weighted by atomic mass is 19.1. The molecule has 0 aliphatic carbocycles. The van der Waals surface area contributed by atoms with Gasteiger partial charge in [-0.15, -0.1) is 0 Å². The van der Waals surface area contributed by atoms with Crippen LogP contribution in [0.15, 0.2) is 0 Å². The van der Waals surface area contributed by atoms with E-state index in [-0.39, 0.29) is 5.92 Å². The van der Waals surface area contributed by atoms with Gasteiger partial charge in [-0.05, 0) is 19.8 Å². The van der Waals surface area contributed by atoms with Crippen molar-refractivity contribution < 1.29 is 4.39 Å². The average molecular weight is 134 g/mol. The highest BCUT2D eigenvalue weighted by molar-refractivity contribution is 4.68. The molecule has 0 amide bonds. The third kappa shape index (κ3) is 7.93. The first-order chi connectivity index (χ1) is 3.94. The minimum atomic E-state index is -1.00. The molecule has 0 fully saturated rings. The number of halogens is 1. The Morgan fingerprint density at radius 3 is 1.22 bits per heavy atom. The summed E-state index contributed by atoms with van der Waals surface area (Å²) in [4.78, 5) is 0. The Labute approximate surface area is 58.5 Å². The molecule has 0 aromatic rings. The highest BCUT2D eigenvalue weighted by Gasteiger charge is 2.19. The van der Waals surface area contributed by atoms with Gasteiger partial charge in [0.2, 0.25) is 0 Å². The van der Waals surface area contributed by atoms with Gasteiger partial charge in [0.05, 0.1) is 0 Å². The van der Waals surface area contributed by atoms with Crippen LogP contribution in [-0.4, -0.2) is 5.67 Å². The summed E-state index contributed by atoms with van der Waals surface area (Å²) in [6.45, 7) is 10.9. The molecule has 0 bridgehead atoms. The van der Waals surface area contributed by atoms with Crippen molar-refractivity contribution in [2.45, 2.75) is 47.2 Å². The Morgan fingerprint density at radius 1 is 1.11 bits per heavy atom. The number of hydrogen-bond donors (Lipinski definition) is 0. The van der Waals surface area contributed by atoms with Gasteiger partial charge >= 0.3 is 0 Å². The maximum absolute atomic E-state index is 12.5. The lowest BCUT2D eigenvalue weighted by atomic mass is 9.97. The van der Waals surface area contributed by atoms with Crippen LogP contribution in [0.5, 0.6) is 0 Å². The molecule has 0 heterocycles. The summed E-state index contributed by atoms with van der Waals surface area (Å²) in [5.74, 6) is 0.132. The highest BCUT2D eigenvalue weighted by Crippen LogP contribution is 2.18. The van der Waals surface area contributed by atoms with E-state index in [1.54, 1.807) is 13.8 Å². The van der Waals surface area contributed by atoms with E-state index in [1.807, 2.05) is 27.7 Å². The summed E-state index contributed by atoms with van der Waals surface area (Å²) in [6.07, 6.45) is 0. The van der Waals surface area contributed by atoms with Crippen LogP contribution < -0.4 is 0 Å². The molecule has 9 heavy (non-hydrogen) atoms. The lowest BCUT2D eigenvalue weighted by Crippen LogP contribution is -2.19. The van der Waals surface area contributed by atoms with Crippen LogP contribution in [0.1, 0.15) is 41.5 Å². The Bertz CT molecular complexity index is 50.1. The van der Waals surface area contributed by atoms with Crippen molar-refractivity contribution in [1.29, 1.82) is 0 Å². The van der Waals surface area contributed by atoms with Crippen molar-refractivity contribution in [3.63, 3.8) is 0 Å². The van der Waals surface area contributed by atoms with E-state index in [0.717, 1.165) is 0 Å². The van der Waals surface area contributed by atoms with E-state index in [9.17, 15) is 4.39 Å². The van der Waals surface area contributed by atoms with Gasteiger partial charge in [0, 0.05) is 0 Å². The smallest absolute Gasteiger partial charge is 0.107 e. The summed E-state index contributed by atoms with van der Waals surface area (Å²) in [7, 11) is 0. The fraction of sp³-hybridized carbons (Fsp3) is 1.00. The van der Waals surface area contributed by atoms with Crippen molar-refractivity contribution in [3.8, 4) is 0 Å². The molecule has 0 N–H and O–H groups in total. The fourth-order valence-electron chi connectivity index (χ4n) is 0. The number of rotatable bonds is 1. The topological polar surface area (TPSA) is 0 Å². The zero-order valence-corrected chi connectivity index (χ0v) is 7.46. The summed E-state index contributed by atoms with van der Waals surface area (Å²) in [6, 6.07) is 0. The van der Waals surface area contributed by atoms with Crippen LogP contribution in [0.3, 0.4) is 0 Å². The standard InChI is InChI=1S/C6H13F.C2H6/c1-5(2)6(3,4)7;1-2/h5H,1-4H3;1-2H3. The average Bonchev–Trinajstić information content (AvgIpc) is 1.69. The van der Waals surface area contributed by atoms with Gasteiger partial charge in [-0.1, -0.05) is 27.7 Å². The Balaban J connectivity index is 0. The molecule has 1 heteroatoms. The SMILES string of the molecule is CC.CC(C)C(C)(C)F. The second-order valence-corrected chi connectivity index (χ2v) is 2.72. The van der Waals surface area contributed by atoms with Gasteiger partial charge in [-0.25, -0.2) is 4.39 Å². The molecule has 0 aromatic heterocycles. The second kappa shape index (κ2) is 4.78. The third-order valence-electron chi connectivity index (χ3n) is 1.37. The monoisotopic (exact) mass is 134 g/mol. The van der Waals surface area contributed by atoms with Gasteiger partial charge in [0.15, 0.2) is 0 Å². The lowest BCUT2D eigenvalue weighted by Gasteiger charge is -2.17. The molecule has 0 atom stereocenters. The molecule has 0 saturated carbocycles. The van der Waals surface area contributed by atoms with Crippen LogP contribution >= 0.6 is 0 Å². The van der Waals surface area contributed by atoms with E-state index in [0.29, 0.717) is 0 Å². The molecule has 0 unspecified atom stereocenters. The maximum atomic E-state index is 12.5. The van der Waals surface area contributed by atoms with Gasteiger partial charge in [0.25, 0.3) is 0 Å². The molecule has 0 rings (SSSR count). The molecular formula is C8H19F. The first kappa shape index (κ1) is 11.7. The van der Waals surface area contributed by atoms with E-state index < -0.39 is 5.67 Å². The van der Waals surface area contributed by atoms with E-state index >= 15 is 0 Å². The summed E-state index contributed by atoms with van der Waals surface area (Å²) in [5, 5.41) is 0. The van der Waals surface area contributed by atoms with Crippen molar-refractivity contribution in [2.75, 3.05) is 0 Å².